The molecule has 0 aliphatic rings. The fourth-order valence-corrected chi connectivity index (χ4v) is 1.64. The van der Waals surface area contributed by atoms with Crippen LogP contribution >= 0.6 is 15.9 Å². The van der Waals surface area contributed by atoms with E-state index >= 15 is 0 Å². The van der Waals surface area contributed by atoms with Crippen LogP contribution in [0.4, 0.5) is 4.39 Å². The van der Waals surface area contributed by atoms with Crippen LogP contribution < -0.4 is 0 Å². The van der Waals surface area contributed by atoms with Gasteiger partial charge in [-0.15, -0.1) is 0 Å². The maximum Gasteiger partial charge on any atom is 0.137 e. The molecule has 0 radical (unpaired) electrons. The van der Waals surface area contributed by atoms with Crippen LogP contribution in [-0.4, -0.2) is 24.9 Å². The third-order valence-corrected chi connectivity index (χ3v) is 2.73. The molecule has 0 aliphatic heterocycles. The second-order valence-electron chi connectivity index (χ2n) is 3.03. The fraction of sp³-hybridized carbons (Fsp3) is 0.400. The summed E-state index contributed by atoms with van der Waals surface area (Å²) in [6.45, 7) is 0.253. The Balaban J connectivity index is 2.71. The van der Waals surface area contributed by atoms with Gasteiger partial charge in [0.25, 0.3) is 0 Å². The minimum Gasteiger partial charge on any atom is -0.390 e. The fourth-order valence-electron chi connectivity index (χ4n) is 1.21. The van der Waals surface area contributed by atoms with Crippen LogP contribution in [0.25, 0.3) is 0 Å². The summed E-state index contributed by atoms with van der Waals surface area (Å²) in [6.07, 6.45) is -0.218. The van der Waals surface area contributed by atoms with E-state index < -0.39 is 6.10 Å². The van der Waals surface area contributed by atoms with Gasteiger partial charge in [0.2, 0.25) is 0 Å². The van der Waals surface area contributed by atoms with Gasteiger partial charge in [0.05, 0.1) is 17.2 Å². The first-order chi connectivity index (χ1) is 6.65. The lowest BCUT2D eigenvalue weighted by molar-refractivity contribution is 0.0649. The van der Waals surface area contributed by atoms with Gasteiger partial charge in [-0.05, 0) is 27.6 Å². The van der Waals surface area contributed by atoms with Crippen molar-refractivity contribution in [3.05, 3.63) is 34.1 Å². The Labute approximate surface area is 90.8 Å². The van der Waals surface area contributed by atoms with Gasteiger partial charge >= 0.3 is 0 Å². The van der Waals surface area contributed by atoms with E-state index in [1.807, 2.05) is 0 Å². The van der Waals surface area contributed by atoms with Crippen molar-refractivity contribution in [3.63, 3.8) is 0 Å². The van der Waals surface area contributed by atoms with Crippen molar-refractivity contribution in [3.8, 4) is 0 Å². The molecule has 14 heavy (non-hydrogen) atoms. The van der Waals surface area contributed by atoms with Gasteiger partial charge in [0.15, 0.2) is 0 Å². The van der Waals surface area contributed by atoms with Crippen LogP contribution in [0.2, 0.25) is 0 Å². The van der Waals surface area contributed by atoms with E-state index in [4.69, 9.17) is 4.74 Å². The molecule has 1 rings (SSSR count). The molecule has 1 aromatic carbocycles. The molecule has 0 amide bonds. The topological polar surface area (TPSA) is 29.5 Å². The number of methoxy groups -OCH3 is 1. The number of hydrogen-bond acceptors (Lipinski definition) is 2. The molecule has 1 unspecified atom stereocenters. The normalized spacial score (nSPS) is 12.9. The molecule has 78 valence electrons. The molecule has 1 atom stereocenters. The molecule has 0 spiro atoms. The van der Waals surface area contributed by atoms with Crippen LogP contribution in [0, 0.1) is 5.82 Å². The largest absolute Gasteiger partial charge is 0.390 e. The summed E-state index contributed by atoms with van der Waals surface area (Å²) in [7, 11) is 1.52. The van der Waals surface area contributed by atoms with Crippen LogP contribution in [0.5, 0.6) is 0 Å². The second-order valence-corrected chi connectivity index (χ2v) is 3.82. The number of ether oxygens (including phenoxy) is 1. The maximum atomic E-state index is 13.1. The molecule has 1 N–H and O–H groups in total. The lowest BCUT2D eigenvalue weighted by Crippen LogP contribution is -2.17. The number of benzene rings is 1. The number of rotatable bonds is 4. The standard InChI is InChI=1S/C10H12BrFO2/c1-14-6-8(13)5-7-3-2-4-9(12)10(7)11/h2-4,8,13H,5-6H2,1H3. The van der Waals surface area contributed by atoms with Gasteiger partial charge in [0, 0.05) is 13.5 Å². The van der Waals surface area contributed by atoms with E-state index in [0.717, 1.165) is 5.56 Å². The van der Waals surface area contributed by atoms with Crippen molar-refractivity contribution in [2.24, 2.45) is 0 Å². The molecule has 0 aromatic heterocycles. The summed E-state index contributed by atoms with van der Waals surface area (Å²) < 4.78 is 18.3. The molecule has 1 aromatic rings. The summed E-state index contributed by atoms with van der Waals surface area (Å²) in [5, 5.41) is 9.45. The summed E-state index contributed by atoms with van der Waals surface area (Å²) in [5.74, 6) is -0.313. The van der Waals surface area contributed by atoms with E-state index in [-0.39, 0.29) is 12.4 Å². The molecule has 0 aliphatic carbocycles. The molecule has 0 heterocycles. The van der Waals surface area contributed by atoms with Crippen LogP contribution in [-0.2, 0) is 11.2 Å². The number of aliphatic hydroxyl groups is 1. The first kappa shape index (κ1) is 11.6. The highest BCUT2D eigenvalue weighted by atomic mass is 79.9. The van der Waals surface area contributed by atoms with E-state index in [0.29, 0.717) is 10.9 Å². The first-order valence-electron chi connectivity index (χ1n) is 4.25. The number of halogens is 2. The predicted octanol–water partition coefficient (Wildman–Crippen LogP) is 2.14. The molecule has 4 heteroatoms. The average Bonchev–Trinajstić information content (AvgIpc) is 2.13. The summed E-state index contributed by atoms with van der Waals surface area (Å²) >= 11 is 3.13. The summed E-state index contributed by atoms with van der Waals surface area (Å²) in [5.41, 5.74) is 0.745. The second kappa shape index (κ2) is 5.44. The third kappa shape index (κ3) is 3.04. The average molecular weight is 263 g/mol. The Kier molecular flexibility index (Phi) is 4.51. The highest BCUT2D eigenvalue weighted by Gasteiger charge is 2.10. The van der Waals surface area contributed by atoms with Crippen molar-refractivity contribution in [1.82, 2.24) is 0 Å². The Bertz CT molecular complexity index is 304. The summed E-state index contributed by atoms with van der Waals surface area (Å²) in [6, 6.07) is 4.76. The Morgan fingerprint density at radius 1 is 1.57 bits per heavy atom. The minimum atomic E-state index is -0.599. The molecule has 0 bridgehead atoms. The van der Waals surface area contributed by atoms with Gasteiger partial charge in [0.1, 0.15) is 5.82 Å². The quantitative estimate of drug-likeness (QED) is 0.901. The lowest BCUT2D eigenvalue weighted by Gasteiger charge is -2.10. The maximum absolute atomic E-state index is 13.1. The van der Waals surface area contributed by atoms with Crippen molar-refractivity contribution in [2.75, 3.05) is 13.7 Å². The zero-order chi connectivity index (χ0) is 10.6. The summed E-state index contributed by atoms with van der Waals surface area (Å²) in [4.78, 5) is 0. The minimum absolute atomic E-state index is 0.253. The molecule has 0 fully saturated rings. The van der Waals surface area contributed by atoms with Crippen LogP contribution in [0.3, 0.4) is 0 Å². The van der Waals surface area contributed by atoms with Gasteiger partial charge in [-0.1, -0.05) is 12.1 Å². The Morgan fingerprint density at radius 2 is 2.29 bits per heavy atom. The third-order valence-electron chi connectivity index (χ3n) is 1.85. The van der Waals surface area contributed by atoms with Gasteiger partial charge in [-0.2, -0.15) is 0 Å². The molecular formula is C10H12BrFO2. The Morgan fingerprint density at radius 3 is 2.93 bits per heavy atom. The van der Waals surface area contributed by atoms with Crippen molar-refractivity contribution < 1.29 is 14.2 Å². The van der Waals surface area contributed by atoms with Gasteiger partial charge in [-0.25, -0.2) is 4.39 Å². The van der Waals surface area contributed by atoms with E-state index in [1.54, 1.807) is 12.1 Å². The van der Waals surface area contributed by atoms with Crippen molar-refractivity contribution in [2.45, 2.75) is 12.5 Å². The monoisotopic (exact) mass is 262 g/mol. The van der Waals surface area contributed by atoms with Crippen molar-refractivity contribution in [1.29, 1.82) is 0 Å². The number of hydrogen-bond donors (Lipinski definition) is 1. The highest BCUT2D eigenvalue weighted by molar-refractivity contribution is 9.10. The van der Waals surface area contributed by atoms with E-state index in [1.165, 1.54) is 13.2 Å². The van der Waals surface area contributed by atoms with E-state index in [2.05, 4.69) is 15.9 Å². The zero-order valence-corrected chi connectivity index (χ0v) is 9.42. The highest BCUT2D eigenvalue weighted by Crippen LogP contribution is 2.21. The molecule has 2 nitrogen and oxygen atoms in total. The zero-order valence-electron chi connectivity index (χ0n) is 7.84. The lowest BCUT2D eigenvalue weighted by atomic mass is 10.1. The van der Waals surface area contributed by atoms with Crippen LogP contribution in [0.1, 0.15) is 5.56 Å². The Hall–Kier alpha value is -0.450. The molecule has 0 saturated carbocycles. The molecular weight excluding hydrogens is 251 g/mol. The number of aliphatic hydroxyl groups excluding tert-OH is 1. The predicted molar refractivity (Wildman–Crippen MR) is 55.7 cm³/mol. The van der Waals surface area contributed by atoms with Crippen LogP contribution in [0.15, 0.2) is 22.7 Å². The smallest absolute Gasteiger partial charge is 0.137 e. The first-order valence-corrected chi connectivity index (χ1v) is 5.04. The van der Waals surface area contributed by atoms with Gasteiger partial charge in [-0.3, -0.25) is 0 Å². The van der Waals surface area contributed by atoms with Crippen molar-refractivity contribution >= 4 is 15.9 Å². The molecule has 0 saturated heterocycles. The van der Waals surface area contributed by atoms with E-state index in [9.17, 15) is 9.50 Å². The SMILES string of the molecule is COCC(O)Cc1cccc(F)c1Br. The van der Waals surface area contributed by atoms with Gasteiger partial charge < -0.3 is 9.84 Å².